The van der Waals surface area contributed by atoms with Crippen LogP contribution in [0.3, 0.4) is 0 Å². The number of aryl methyl sites for hydroxylation is 2. The lowest BCUT2D eigenvalue weighted by molar-refractivity contribution is 0.0664. The van der Waals surface area contributed by atoms with Gasteiger partial charge in [0.2, 0.25) is 5.95 Å². The summed E-state index contributed by atoms with van der Waals surface area (Å²) in [6.07, 6.45) is 0. The van der Waals surface area contributed by atoms with Crippen LogP contribution in [0, 0.1) is 13.8 Å². The molecule has 0 aliphatic carbocycles. The molecule has 2 amide bonds. The molecule has 8 heteroatoms. The molecule has 1 aromatic heterocycles. The summed E-state index contributed by atoms with van der Waals surface area (Å²) in [6.45, 7) is 7.03. The minimum absolute atomic E-state index is 0.0216. The number of carbonyl (C=O) groups excluding carboxylic acids is 2. The molecule has 0 atom stereocenters. The van der Waals surface area contributed by atoms with Gasteiger partial charge in [-0.1, -0.05) is 6.07 Å². The van der Waals surface area contributed by atoms with Gasteiger partial charge in [-0.2, -0.15) is 0 Å². The van der Waals surface area contributed by atoms with Gasteiger partial charge in [0.25, 0.3) is 11.8 Å². The number of nitrogens with one attached hydrogen (secondary N) is 2. The molecule has 170 valence electrons. The Morgan fingerprint density at radius 3 is 2.15 bits per heavy atom. The lowest BCUT2D eigenvalue weighted by atomic mass is 10.1. The Balaban J connectivity index is 1.40. The maximum absolute atomic E-state index is 12.8. The highest BCUT2D eigenvalue weighted by atomic mass is 16.2. The maximum atomic E-state index is 12.8. The molecule has 4 rings (SSSR count). The third kappa shape index (κ3) is 5.72. The van der Waals surface area contributed by atoms with Crippen LogP contribution in [0.2, 0.25) is 0 Å². The molecule has 33 heavy (non-hydrogen) atoms. The van der Waals surface area contributed by atoms with Crippen molar-refractivity contribution in [2.45, 2.75) is 13.8 Å². The van der Waals surface area contributed by atoms with Gasteiger partial charge in [0.1, 0.15) is 0 Å². The molecule has 3 aromatic rings. The molecule has 0 radical (unpaired) electrons. The molecule has 1 aliphatic heterocycles. The number of carbonyl (C=O) groups is 2. The van der Waals surface area contributed by atoms with Crippen molar-refractivity contribution < 1.29 is 9.59 Å². The van der Waals surface area contributed by atoms with Crippen LogP contribution in [0.4, 0.5) is 17.3 Å². The number of hydrogen-bond donors (Lipinski definition) is 2. The van der Waals surface area contributed by atoms with E-state index >= 15 is 0 Å². The van der Waals surface area contributed by atoms with Crippen LogP contribution in [-0.4, -0.2) is 64.8 Å². The highest BCUT2D eigenvalue weighted by molar-refractivity contribution is 6.05. The largest absolute Gasteiger partial charge is 0.336 e. The van der Waals surface area contributed by atoms with Crippen molar-refractivity contribution in [1.29, 1.82) is 0 Å². The minimum atomic E-state index is -0.238. The number of piperazine rings is 1. The quantitative estimate of drug-likeness (QED) is 0.626. The summed E-state index contributed by atoms with van der Waals surface area (Å²) in [7, 11) is 2.06. The van der Waals surface area contributed by atoms with Gasteiger partial charge in [0, 0.05) is 60.1 Å². The highest BCUT2D eigenvalue weighted by Gasteiger charge is 2.20. The van der Waals surface area contributed by atoms with E-state index in [1.165, 1.54) is 0 Å². The first-order chi connectivity index (χ1) is 15.9. The monoisotopic (exact) mass is 444 g/mol. The first-order valence-electron chi connectivity index (χ1n) is 11.0. The summed E-state index contributed by atoms with van der Waals surface area (Å²) in [5, 5.41) is 6.04. The van der Waals surface area contributed by atoms with Crippen molar-refractivity contribution in [3.63, 3.8) is 0 Å². The van der Waals surface area contributed by atoms with E-state index in [1.807, 2.05) is 30.9 Å². The van der Waals surface area contributed by atoms with E-state index in [0.29, 0.717) is 22.8 Å². The standard InChI is InChI=1S/C25H28N6O2/c1-17-15-18(2)27-25(26-17)29-22-6-4-5-20(16-22)23(32)28-21-9-7-19(8-10-21)24(33)31-13-11-30(3)12-14-31/h4-10,15-16H,11-14H2,1-3H3,(H,28,32)(H,26,27,29). The summed E-state index contributed by atoms with van der Waals surface area (Å²) >= 11 is 0. The van der Waals surface area contributed by atoms with Crippen molar-refractivity contribution in [1.82, 2.24) is 19.8 Å². The summed E-state index contributed by atoms with van der Waals surface area (Å²) in [5.41, 5.74) is 4.22. The van der Waals surface area contributed by atoms with E-state index in [2.05, 4.69) is 32.5 Å². The second-order valence-electron chi connectivity index (χ2n) is 8.31. The molecule has 2 N–H and O–H groups in total. The topological polar surface area (TPSA) is 90.5 Å². The Labute approximate surface area is 193 Å². The van der Waals surface area contributed by atoms with Crippen LogP contribution in [0.5, 0.6) is 0 Å². The van der Waals surface area contributed by atoms with Gasteiger partial charge >= 0.3 is 0 Å². The van der Waals surface area contributed by atoms with E-state index in [1.54, 1.807) is 42.5 Å². The normalized spacial score (nSPS) is 14.1. The fourth-order valence-electron chi connectivity index (χ4n) is 3.74. The molecule has 0 unspecified atom stereocenters. The van der Waals surface area contributed by atoms with E-state index in [9.17, 15) is 9.59 Å². The van der Waals surface area contributed by atoms with Gasteiger partial charge in [-0.05, 0) is 69.4 Å². The molecule has 0 spiro atoms. The number of benzene rings is 2. The average molecular weight is 445 g/mol. The van der Waals surface area contributed by atoms with Crippen molar-refractivity contribution in [2.75, 3.05) is 43.9 Å². The molecular weight excluding hydrogens is 416 g/mol. The molecule has 1 saturated heterocycles. The van der Waals surface area contributed by atoms with Gasteiger partial charge in [0.05, 0.1) is 0 Å². The zero-order valence-corrected chi connectivity index (χ0v) is 19.1. The molecular formula is C25H28N6O2. The zero-order chi connectivity index (χ0) is 23.4. The van der Waals surface area contributed by atoms with E-state index in [0.717, 1.165) is 43.3 Å². The maximum Gasteiger partial charge on any atom is 0.255 e. The number of likely N-dealkylation sites (N-methyl/N-ethyl adjacent to an activating group) is 1. The van der Waals surface area contributed by atoms with Crippen molar-refractivity contribution >= 4 is 29.1 Å². The number of nitrogens with zero attached hydrogens (tertiary/aromatic N) is 4. The molecule has 0 saturated carbocycles. The Bertz CT molecular complexity index is 1130. The Morgan fingerprint density at radius 2 is 1.48 bits per heavy atom. The molecule has 2 heterocycles. The first-order valence-corrected chi connectivity index (χ1v) is 11.0. The van der Waals surface area contributed by atoms with E-state index in [4.69, 9.17) is 0 Å². The second kappa shape index (κ2) is 9.79. The van der Waals surface area contributed by atoms with Crippen molar-refractivity contribution in [3.8, 4) is 0 Å². The predicted octanol–water partition coefficient (Wildman–Crippen LogP) is 3.48. The van der Waals surface area contributed by atoms with Gasteiger partial charge in [0.15, 0.2) is 0 Å². The summed E-state index contributed by atoms with van der Waals surface area (Å²) in [4.78, 5) is 38.3. The average Bonchev–Trinajstić information content (AvgIpc) is 2.79. The smallest absolute Gasteiger partial charge is 0.255 e. The third-order valence-electron chi connectivity index (χ3n) is 5.54. The van der Waals surface area contributed by atoms with Crippen LogP contribution in [0.15, 0.2) is 54.6 Å². The lowest BCUT2D eigenvalue weighted by Gasteiger charge is -2.32. The van der Waals surface area contributed by atoms with Crippen LogP contribution in [-0.2, 0) is 0 Å². The summed E-state index contributed by atoms with van der Waals surface area (Å²) < 4.78 is 0. The summed E-state index contributed by atoms with van der Waals surface area (Å²) in [6, 6.07) is 16.1. The minimum Gasteiger partial charge on any atom is -0.336 e. The Morgan fingerprint density at radius 1 is 0.818 bits per heavy atom. The summed E-state index contributed by atoms with van der Waals surface area (Å²) in [5.74, 6) is 0.275. The predicted molar refractivity (Wildman–Crippen MR) is 129 cm³/mol. The number of aromatic nitrogens is 2. The second-order valence-corrected chi connectivity index (χ2v) is 8.31. The molecule has 0 bridgehead atoms. The van der Waals surface area contributed by atoms with Gasteiger partial charge < -0.3 is 20.4 Å². The Kier molecular flexibility index (Phi) is 6.65. The SMILES string of the molecule is Cc1cc(C)nc(Nc2cccc(C(=O)Nc3ccc(C(=O)N4CCN(C)CC4)cc3)c2)n1. The van der Waals surface area contributed by atoms with E-state index in [-0.39, 0.29) is 11.8 Å². The highest BCUT2D eigenvalue weighted by Crippen LogP contribution is 2.18. The first kappa shape index (κ1) is 22.4. The fraction of sp³-hybridized carbons (Fsp3) is 0.280. The number of anilines is 3. The van der Waals surface area contributed by atoms with Gasteiger partial charge in [-0.15, -0.1) is 0 Å². The molecule has 1 aliphatic rings. The number of hydrogen-bond acceptors (Lipinski definition) is 6. The lowest BCUT2D eigenvalue weighted by Crippen LogP contribution is -2.47. The van der Waals surface area contributed by atoms with Crippen LogP contribution in [0.1, 0.15) is 32.1 Å². The van der Waals surface area contributed by atoms with E-state index < -0.39 is 0 Å². The Hall–Kier alpha value is -3.78. The molecule has 2 aromatic carbocycles. The fourth-order valence-corrected chi connectivity index (χ4v) is 3.74. The van der Waals surface area contributed by atoms with Crippen LogP contribution >= 0.6 is 0 Å². The van der Waals surface area contributed by atoms with Gasteiger partial charge in [-0.25, -0.2) is 9.97 Å². The number of amides is 2. The molecule has 8 nitrogen and oxygen atoms in total. The molecule has 1 fully saturated rings. The number of rotatable bonds is 5. The van der Waals surface area contributed by atoms with Crippen LogP contribution < -0.4 is 10.6 Å². The zero-order valence-electron chi connectivity index (χ0n) is 19.1. The third-order valence-corrected chi connectivity index (χ3v) is 5.54. The van der Waals surface area contributed by atoms with Crippen molar-refractivity contribution in [2.24, 2.45) is 0 Å². The van der Waals surface area contributed by atoms with Gasteiger partial charge in [-0.3, -0.25) is 9.59 Å². The van der Waals surface area contributed by atoms with Crippen molar-refractivity contribution in [3.05, 3.63) is 77.1 Å². The van der Waals surface area contributed by atoms with Crippen LogP contribution in [0.25, 0.3) is 0 Å².